The van der Waals surface area contributed by atoms with E-state index in [2.05, 4.69) is 36.2 Å². The van der Waals surface area contributed by atoms with E-state index in [1.54, 1.807) is 32.4 Å². The van der Waals surface area contributed by atoms with E-state index in [1.165, 1.54) is 11.1 Å². The molecule has 0 fully saturated rings. The van der Waals surface area contributed by atoms with Crippen LogP contribution in [0.3, 0.4) is 0 Å². The average Bonchev–Trinajstić information content (AvgIpc) is 2.62. The molecule has 0 heterocycles. The molecular formula is C20H26N2O3. The first-order valence-electron chi connectivity index (χ1n) is 8.36. The average molecular weight is 342 g/mol. The number of hydrogen-bond donors (Lipinski definition) is 1. The zero-order chi connectivity index (χ0) is 18.2. The van der Waals surface area contributed by atoms with Crippen molar-refractivity contribution in [2.24, 2.45) is 0 Å². The highest BCUT2D eigenvalue weighted by molar-refractivity contribution is 5.92. The van der Waals surface area contributed by atoms with Gasteiger partial charge in [-0.1, -0.05) is 31.2 Å². The number of aryl methyl sites for hydroxylation is 1. The van der Waals surface area contributed by atoms with Crippen LogP contribution in [-0.2, 0) is 11.3 Å². The van der Waals surface area contributed by atoms with Crippen LogP contribution in [0.4, 0.5) is 5.69 Å². The third kappa shape index (κ3) is 5.22. The molecule has 5 nitrogen and oxygen atoms in total. The molecule has 0 saturated heterocycles. The van der Waals surface area contributed by atoms with Crippen LogP contribution in [0.5, 0.6) is 11.5 Å². The molecule has 2 aromatic rings. The molecule has 5 heteroatoms. The number of hydrogen-bond acceptors (Lipinski definition) is 4. The molecule has 0 aliphatic heterocycles. The van der Waals surface area contributed by atoms with Crippen molar-refractivity contribution >= 4 is 11.6 Å². The van der Waals surface area contributed by atoms with Gasteiger partial charge in [0.1, 0.15) is 0 Å². The second-order valence-corrected chi connectivity index (χ2v) is 5.85. The summed E-state index contributed by atoms with van der Waals surface area (Å²) in [7, 11) is 3.16. The molecule has 0 atom stereocenters. The first-order chi connectivity index (χ1) is 12.1. The molecule has 0 bridgehead atoms. The first-order valence-corrected chi connectivity index (χ1v) is 8.36. The van der Waals surface area contributed by atoms with Gasteiger partial charge in [-0.2, -0.15) is 0 Å². The highest BCUT2D eigenvalue weighted by Crippen LogP contribution is 2.29. The van der Waals surface area contributed by atoms with E-state index in [0.717, 1.165) is 13.1 Å². The van der Waals surface area contributed by atoms with Crippen molar-refractivity contribution in [2.45, 2.75) is 20.4 Å². The van der Waals surface area contributed by atoms with Gasteiger partial charge in [-0.05, 0) is 36.7 Å². The maximum atomic E-state index is 12.4. The minimum atomic E-state index is -0.0531. The van der Waals surface area contributed by atoms with Crippen molar-refractivity contribution in [3.63, 3.8) is 0 Å². The van der Waals surface area contributed by atoms with Gasteiger partial charge in [-0.3, -0.25) is 9.69 Å². The number of ether oxygens (including phenoxy) is 2. The predicted octanol–water partition coefficient (Wildman–Crippen LogP) is 3.47. The summed E-state index contributed by atoms with van der Waals surface area (Å²) in [6.45, 7) is 6.03. The Balaban J connectivity index is 1.99. The van der Waals surface area contributed by atoms with Crippen molar-refractivity contribution in [3.05, 3.63) is 53.6 Å². The Labute approximate surface area is 149 Å². The SMILES string of the molecule is CCN(CC(=O)Nc1ccc(OC)c(OC)c1)Cc1ccccc1C. The van der Waals surface area contributed by atoms with E-state index >= 15 is 0 Å². The van der Waals surface area contributed by atoms with E-state index in [1.807, 2.05) is 12.1 Å². The second kappa shape index (κ2) is 9.08. The van der Waals surface area contributed by atoms with Gasteiger partial charge in [-0.15, -0.1) is 0 Å². The normalized spacial score (nSPS) is 10.6. The number of methoxy groups -OCH3 is 2. The number of rotatable bonds is 8. The monoisotopic (exact) mass is 342 g/mol. The largest absolute Gasteiger partial charge is 0.493 e. The van der Waals surface area contributed by atoms with Gasteiger partial charge >= 0.3 is 0 Å². The number of carbonyl (C=O) groups excluding carboxylic acids is 1. The number of nitrogens with one attached hydrogen (secondary N) is 1. The van der Waals surface area contributed by atoms with E-state index in [0.29, 0.717) is 23.7 Å². The Kier molecular flexibility index (Phi) is 6.83. The zero-order valence-corrected chi connectivity index (χ0v) is 15.3. The Morgan fingerprint density at radius 1 is 1.08 bits per heavy atom. The molecule has 0 aliphatic rings. The molecule has 25 heavy (non-hydrogen) atoms. The van der Waals surface area contributed by atoms with Crippen LogP contribution in [-0.4, -0.2) is 38.1 Å². The maximum Gasteiger partial charge on any atom is 0.238 e. The van der Waals surface area contributed by atoms with Crippen molar-refractivity contribution < 1.29 is 14.3 Å². The van der Waals surface area contributed by atoms with Crippen LogP contribution < -0.4 is 14.8 Å². The molecule has 0 aliphatic carbocycles. The van der Waals surface area contributed by atoms with E-state index < -0.39 is 0 Å². The minimum Gasteiger partial charge on any atom is -0.493 e. The summed E-state index contributed by atoms with van der Waals surface area (Å²) in [6, 6.07) is 13.6. The Bertz CT molecular complexity index is 716. The maximum absolute atomic E-state index is 12.4. The fourth-order valence-electron chi connectivity index (χ4n) is 2.63. The minimum absolute atomic E-state index is 0.0531. The third-order valence-electron chi connectivity index (χ3n) is 4.14. The van der Waals surface area contributed by atoms with Gasteiger partial charge in [0, 0.05) is 18.3 Å². The summed E-state index contributed by atoms with van der Waals surface area (Å²) < 4.78 is 10.5. The number of likely N-dealkylation sites (N-methyl/N-ethyl adjacent to an activating group) is 1. The van der Waals surface area contributed by atoms with Crippen LogP contribution in [0.15, 0.2) is 42.5 Å². The summed E-state index contributed by atoms with van der Waals surface area (Å²) in [5.41, 5.74) is 3.17. The fraction of sp³-hybridized carbons (Fsp3) is 0.350. The second-order valence-electron chi connectivity index (χ2n) is 5.85. The molecule has 0 aromatic heterocycles. The van der Waals surface area contributed by atoms with Crippen molar-refractivity contribution in [1.82, 2.24) is 4.90 Å². The summed E-state index contributed by atoms with van der Waals surface area (Å²) in [5.74, 6) is 1.17. The Morgan fingerprint density at radius 3 is 2.44 bits per heavy atom. The fourth-order valence-corrected chi connectivity index (χ4v) is 2.63. The van der Waals surface area contributed by atoms with Crippen LogP contribution in [0.25, 0.3) is 0 Å². The van der Waals surface area contributed by atoms with Gasteiger partial charge in [0.05, 0.1) is 20.8 Å². The number of nitrogens with zero attached hydrogens (tertiary/aromatic N) is 1. The van der Waals surface area contributed by atoms with Crippen molar-refractivity contribution in [3.8, 4) is 11.5 Å². The van der Waals surface area contributed by atoms with Crippen molar-refractivity contribution in [1.29, 1.82) is 0 Å². The van der Waals surface area contributed by atoms with Crippen molar-refractivity contribution in [2.75, 3.05) is 32.6 Å². The molecule has 2 aromatic carbocycles. The lowest BCUT2D eigenvalue weighted by Gasteiger charge is -2.21. The molecule has 0 saturated carbocycles. The zero-order valence-electron chi connectivity index (χ0n) is 15.3. The molecular weight excluding hydrogens is 316 g/mol. The van der Waals surface area contributed by atoms with Crippen LogP contribution in [0.1, 0.15) is 18.1 Å². The van der Waals surface area contributed by atoms with Gasteiger partial charge < -0.3 is 14.8 Å². The number of anilines is 1. The standard InChI is InChI=1S/C20H26N2O3/c1-5-22(13-16-9-7-6-8-15(16)2)14-20(23)21-17-10-11-18(24-3)19(12-17)25-4/h6-12H,5,13-14H2,1-4H3,(H,21,23). The lowest BCUT2D eigenvalue weighted by Crippen LogP contribution is -2.33. The molecule has 0 radical (unpaired) electrons. The Hall–Kier alpha value is -2.53. The summed E-state index contributed by atoms with van der Waals surface area (Å²) >= 11 is 0. The lowest BCUT2D eigenvalue weighted by atomic mass is 10.1. The quantitative estimate of drug-likeness (QED) is 0.798. The number of amides is 1. The highest BCUT2D eigenvalue weighted by atomic mass is 16.5. The molecule has 134 valence electrons. The smallest absolute Gasteiger partial charge is 0.238 e. The molecule has 1 amide bonds. The van der Waals surface area contributed by atoms with Gasteiger partial charge in [-0.25, -0.2) is 0 Å². The van der Waals surface area contributed by atoms with Crippen LogP contribution in [0, 0.1) is 6.92 Å². The highest BCUT2D eigenvalue weighted by Gasteiger charge is 2.12. The topological polar surface area (TPSA) is 50.8 Å². The van der Waals surface area contributed by atoms with E-state index in [-0.39, 0.29) is 5.91 Å². The first kappa shape index (κ1) is 18.8. The number of carbonyl (C=O) groups is 1. The molecule has 0 unspecified atom stereocenters. The summed E-state index contributed by atoms with van der Waals surface area (Å²) in [5, 5.41) is 2.92. The summed E-state index contributed by atoms with van der Waals surface area (Å²) in [4.78, 5) is 14.5. The molecule has 2 rings (SSSR count). The molecule has 0 spiro atoms. The third-order valence-corrected chi connectivity index (χ3v) is 4.14. The predicted molar refractivity (Wildman–Crippen MR) is 100 cm³/mol. The van der Waals surface area contributed by atoms with Crippen LogP contribution >= 0.6 is 0 Å². The number of benzene rings is 2. The summed E-state index contributed by atoms with van der Waals surface area (Å²) in [6.07, 6.45) is 0. The lowest BCUT2D eigenvalue weighted by molar-refractivity contribution is -0.117. The molecule has 1 N–H and O–H groups in total. The van der Waals surface area contributed by atoms with Crippen LogP contribution in [0.2, 0.25) is 0 Å². The van der Waals surface area contributed by atoms with E-state index in [9.17, 15) is 4.79 Å². The van der Waals surface area contributed by atoms with Gasteiger partial charge in [0.2, 0.25) is 5.91 Å². The van der Waals surface area contributed by atoms with Gasteiger partial charge in [0.15, 0.2) is 11.5 Å². The Morgan fingerprint density at radius 2 is 1.80 bits per heavy atom. The van der Waals surface area contributed by atoms with Gasteiger partial charge in [0.25, 0.3) is 0 Å². The van der Waals surface area contributed by atoms with E-state index in [4.69, 9.17) is 9.47 Å².